The Morgan fingerprint density at radius 2 is 2.00 bits per heavy atom. The Kier molecular flexibility index (Phi) is 3.63. The molecule has 0 bridgehead atoms. The predicted molar refractivity (Wildman–Crippen MR) is 97.2 cm³/mol. The van der Waals surface area contributed by atoms with E-state index in [0.717, 1.165) is 16.6 Å². The smallest absolute Gasteiger partial charge is 0.271 e. The maximum absolute atomic E-state index is 12.4. The van der Waals surface area contributed by atoms with E-state index in [0.29, 0.717) is 9.90 Å². The lowest BCUT2D eigenvalue weighted by molar-refractivity contribution is 0.603. The van der Waals surface area contributed by atoms with Gasteiger partial charge in [0.15, 0.2) is 0 Å². The van der Waals surface area contributed by atoms with Crippen molar-refractivity contribution in [3.05, 3.63) is 78.3 Å². The predicted octanol–water partition coefficient (Wildman–Crippen LogP) is 4.29. The molecule has 0 fully saturated rings. The van der Waals surface area contributed by atoms with Crippen LogP contribution in [-0.2, 0) is 10.0 Å². The second-order valence-corrected chi connectivity index (χ2v) is 8.12. The maximum atomic E-state index is 12.4. The zero-order valence-electron chi connectivity index (χ0n) is 12.5. The zero-order chi connectivity index (χ0) is 16.6. The number of hydrogen-bond donors (Lipinski definition) is 1. The summed E-state index contributed by atoms with van der Waals surface area (Å²) in [6.45, 7) is 0. The minimum absolute atomic E-state index is 0.300. The molecule has 0 aliphatic rings. The van der Waals surface area contributed by atoms with Gasteiger partial charge in [-0.05, 0) is 53.2 Å². The summed E-state index contributed by atoms with van der Waals surface area (Å²) in [5.41, 5.74) is 2.44. The lowest BCUT2D eigenvalue weighted by Gasteiger charge is -2.10. The Labute approximate surface area is 144 Å². The number of rotatable bonds is 4. The highest BCUT2D eigenvalue weighted by molar-refractivity contribution is 7.94. The van der Waals surface area contributed by atoms with Gasteiger partial charge in [-0.25, -0.2) is 8.42 Å². The molecule has 0 saturated carbocycles. The molecular formula is C18H13N2O2S2. The zero-order valence-corrected chi connectivity index (χ0v) is 14.1. The largest absolute Gasteiger partial charge is 0.316 e. The Morgan fingerprint density at radius 3 is 2.83 bits per heavy atom. The average Bonchev–Trinajstić information content (AvgIpc) is 3.25. The number of thiophene rings is 1. The summed E-state index contributed by atoms with van der Waals surface area (Å²) >= 11 is 1.19. The molecule has 4 rings (SSSR count). The third-order valence-electron chi connectivity index (χ3n) is 3.67. The number of fused-ring (bicyclic) bond motifs is 1. The Morgan fingerprint density at radius 1 is 1.08 bits per heavy atom. The molecule has 0 spiro atoms. The van der Waals surface area contributed by atoms with Gasteiger partial charge in [-0.2, -0.15) is 0 Å². The van der Waals surface area contributed by atoms with Gasteiger partial charge in [0.25, 0.3) is 10.0 Å². The summed E-state index contributed by atoms with van der Waals surface area (Å²) in [5, 5.41) is 2.85. The number of benzene rings is 2. The highest BCUT2D eigenvalue weighted by atomic mass is 32.2. The number of nitrogens with one attached hydrogen (secondary N) is 1. The summed E-state index contributed by atoms with van der Waals surface area (Å²) < 4.78 is 29.7. The minimum atomic E-state index is -3.54. The van der Waals surface area contributed by atoms with E-state index in [4.69, 9.17) is 0 Å². The standard InChI is InChI=1S/C18H13N2O2S2/c21-24(22,18-9-4-12-23-18)19-15-6-3-7-16(13-15)20-11-10-14-5-1-2-8-17(14)20/h1,3-13,19H. The number of aromatic nitrogens is 1. The maximum Gasteiger partial charge on any atom is 0.271 e. The Bertz CT molecular complexity index is 1100. The monoisotopic (exact) mass is 353 g/mol. The molecule has 2 aromatic carbocycles. The van der Waals surface area contributed by atoms with Crippen LogP contribution >= 0.6 is 11.3 Å². The second-order valence-electron chi connectivity index (χ2n) is 5.26. The molecule has 119 valence electrons. The molecule has 4 aromatic rings. The molecule has 4 nitrogen and oxygen atoms in total. The molecule has 0 saturated heterocycles. The number of sulfonamides is 1. The SMILES string of the molecule is O=S(=O)(Nc1cccc(-n2ccc3cc[c]cc32)c1)c1cccs1. The molecule has 0 aliphatic carbocycles. The van der Waals surface area contributed by atoms with Crippen molar-refractivity contribution in [2.75, 3.05) is 4.72 Å². The fraction of sp³-hybridized carbons (Fsp3) is 0. The van der Waals surface area contributed by atoms with Crippen molar-refractivity contribution in [2.24, 2.45) is 0 Å². The first kappa shape index (κ1) is 15.0. The van der Waals surface area contributed by atoms with Crippen LogP contribution in [0.1, 0.15) is 0 Å². The van der Waals surface area contributed by atoms with Crippen molar-refractivity contribution in [3.63, 3.8) is 0 Å². The highest BCUT2D eigenvalue weighted by Gasteiger charge is 2.15. The van der Waals surface area contributed by atoms with E-state index in [1.54, 1.807) is 23.6 Å². The van der Waals surface area contributed by atoms with Gasteiger partial charge in [0.1, 0.15) is 4.21 Å². The number of hydrogen-bond acceptors (Lipinski definition) is 3. The molecule has 0 atom stereocenters. The third-order valence-corrected chi connectivity index (χ3v) is 6.45. The van der Waals surface area contributed by atoms with Crippen molar-refractivity contribution < 1.29 is 8.42 Å². The van der Waals surface area contributed by atoms with Crippen molar-refractivity contribution in [2.45, 2.75) is 4.21 Å². The number of nitrogens with zero attached hydrogens (tertiary/aromatic N) is 1. The van der Waals surface area contributed by atoms with Crippen molar-refractivity contribution in [1.82, 2.24) is 4.57 Å². The molecule has 2 aromatic heterocycles. The van der Waals surface area contributed by atoms with Crippen LogP contribution in [0.3, 0.4) is 0 Å². The van der Waals surface area contributed by atoms with E-state index >= 15 is 0 Å². The lowest BCUT2D eigenvalue weighted by atomic mass is 10.2. The first-order valence-corrected chi connectivity index (χ1v) is 9.64. The Balaban J connectivity index is 1.72. The third kappa shape index (κ3) is 2.70. The Hall–Kier alpha value is -2.57. The fourth-order valence-corrected chi connectivity index (χ4v) is 4.63. The summed E-state index contributed by atoms with van der Waals surface area (Å²) in [6, 6.07) is 21.5. The van der Waals surface area contributed by atoms with Gasteiger partial charge in [-0.3, -0.25) is 4.72 Å². The summed E-state index contributed by atoms with van der Waals surface area (Å²) in [6.07, 6.45) is 1.96. The van der Waals surface area contributed by atoms with Gasteiger partial charge >= 0.3 is 0 Å². The van der Waals surface area contributed by atoms with Crippen LogP contribution in [0.15, 0.2) is 76.4 Å². The van der Waals surface area contributed by atoms with Crippen LogP contribution in [-0.4, -0.2) is 13.0 Å². The molecule has 1 radical (unpaired) electrons. The molecule has 0 amide bonds. The first-order chi connectivity index (χ1) is 11.6. The van der Waals surface area contributed by atoms with Crippen LogP contribution in [0.4, 0.5) is 5.69 Å². The van der Waals surface area contributed by atoms with Gasteiger partial charge in [-0.1, -0.05) is 24.3 Å². The minimum Gasteiger partial charge on any atom is -0.316 e. The van der Waals surface area contributed by atoms with Crippen LogP contribution in [0.25, 0.3) is 16.6 Å². The molecular weight excluding hydrogens is 340 g/mol. The van der Waals surface area contributed by atoms with E-state index in [1.165, 1.54) is 11.3 Å². The topological polar surface area (TPSA) is 51.1 Å². The van der Waals surface area contributed by atoms with Crippen molar-refractivity contribution >= 4 is 38.0 Å². The molecule has 1 N–H and O–H groups in total. The molecule has 6 heteroatoms. The molecule has 24 heavy (non-hydrogen) atoms. The van der Waals surface area contributed by atoms with Gasteiger partial charge in [0, 0.05) is 11.9 Å². The lowest BCUT2D eigenvalue weighted by Crippen LogP contribution is -2.11. The second kappa shape index (κ2) is 5.81. The summed E-state index contributed by atoms with van der Waals surface area (Å²) in [5.74, 6) is 0. The van der Waals surface area contributed by atoms with E-state index in [9.17, 15) is 8.42 Å². The molecule has 2 heterocycles. The summed E-state index contributed by atoms with van der Waals surface area (Å²) in [7, 11) is -3.54. The number of anilines is 1. The van der Waals surface area contributed by atoms with Gasteiger partial charge in [0.05, 0.1) is 11.2 Å². The van der Waals surface area contributed by atoms with Crippen LogP contribution in [0, 0.1) is 6.07 Å². The van der Waals surface area contributed by atoms with Gasteiger partial charge in [-0.15, -0.1) is 11.3 Å². The van der Waals surface area contributed by atoms with Crippen LogP contribution in [0.5, 0.6) is 0 Å². The van der Waals surface area contributed by atoms with Crippen molar-refractivity contribution in [3.8, 4) is 5.69 Å². The summed E-state index contributed by atoms with van der Waals surface area (Å²) in [4.78, 5) is 0. The van der Waals surface area contributed by atoms with Crippen LogP contribution in [0.2, 0.25) is 0 Å². The first-order valence-electron chi connectivity index (χ1n) is 7.27. The molecule has 0 unspecified atom stereocenters. The van der Waals surface area contributed by atoms with E-state index in [1.807, 2.05) is 53.2 Å². The van der Waals surface area contributed by atoms with Crippen LogP contribution < -0.4 is 4.72 Å². The van der Waals surface area contributed by atoms with E-state index < -0.39 is 10.0 Å². The van der Waals surface area contributed by atoms with Crippen molar-refractivity contribution in [1.29, 1.82) is 0 Å². The van der Waals surface area contributed by atoms with E-state index in [2.05, 4.69) is 10.8 Å². The quantitative estimate of drug-likeness (QED) is 0.595. The average molecular weight is 353 g/mol. The fourth-order valence-electron chi connectivity index (χ4n) is 2.58. The highest BCUT2D eigenvalue weighted by Crippen LogP contribution is 2.24. The van der Waals surface area contributed by atoms with E-state index in [-0.39, 0.29) is 0 Å². The van der Waals surface area contributed by atoms with Gasteiger partial charge < -0.3 is 4.57 Å². The van der Waals surface area contributed by atoms with Gasteiger partial charge in [0.2, 0.25) is 0 Å². The normalized spacial score (nSPS) is 11.7. The molecule has 0 aliphatic heterocycles.